The molecule has 1 aliphatic heterocycles. The summed E-state index contributed by atoms with van der Waals surface area (Å²) in [6, 6.07) is 8.01. The molecule has 7 heteroatoms. The number of nitrogens with one attached hydrogen (secondary N) is 3. The Morgan fingerprint density at radius 2 is 1.89 bits per heavy atom. The van der Waals surface area contributed by atoms with Crippen molar-refractivity contribution in [3.05, 3.63) is 35.9 Å². The first kappa shape index (κ1) is 20.7. The summed E-state index contributed by atoms with van der Waals surface area (Å²) in [6.07, 6.45) is 1.42. The van der Waals surface area contributed by atoms with E-state index in [4.69, 9.17) is 0 Å². The molecule has 2 atom stereocenters. The Bertz CT molecular complexity index is 670. The van der Waals surface area contributed by atoms with Gasteiger partial charge in [-0.25, -0.2) is 4.79 Å². The average Bonchev–Trinajstić information content (AvgIpc) is 2.58. The van der Waals surface area contributed by atoms with Crippen molar-refractivity contribution >= 4 is 17.8 Å². The van der Waals surface area contributed by atoms with Gasteiger partial charge in [0, 0.05) is 18.6 Å². The Morgan fingerprint density at radius 3 is 2.52 bits per heavy atom. The largest absolute Gasteiger partial charge is 0.350 e. The van der Waals surface area contributed by atoms with Crippen LogP contribution >= 0.6 is 0 Å². The fraction of sp³-hybridized carbons (Fsp3) is 0.550. The maximum atomic E-state index is 12.7. The number of piperidine rings is 1. The molecule has 148 valence electrons. The minimum atomic E-state index is -0.691. The number of hydrogen-bond donors (Lipinski definition) is 3. The van der Waals surface area contributed by atoms with E-state index in [1.807, 2.05) is 51.1 Å². The van der Waals surface area contributed by atoms with Crippen molar-refractivity contribution < 1.29 is 14.4 Å². The molecule has 0 aromatic heterocycles. The first-order valence-corrected chi connectivity index (χ1v) is 9.37. The molecular weight excluding hydrogens is 344 g/mol. The molecule has 3 N–H and O–H groups in total. The fourth-order valence-electron chi connectivity index (χ4n) is 2.97. The number of hydrogen-bond acceptors (Lipinski definition) is 3. The van der Waals surface area contributed by atoms with Gasteiger partial charge in [0.25, 0.3) is 0 Å². The molecule has 27 heavy (non-hydrogen) atoms. The van der Waals surface area contributed by atoms with Gasteiger partial charge in [0.1, 0.15) is 12.1 Å². The lowest BCUT2D eigenvalue weighted by Crippen LogP contribution is -2.57. The molecule has 1 aliphatic rings. The highest BCUT2D eigenvalue weighted by Gasteiger charge is 2.30. The zero-order chi connectivity index (χ0) is 20.0. The van der Waals surface area contributed by atoms with Gasteiger partial charge in [-0.15, -0.1) is 0 Å². The SMILES string of the molecule is CC(NC(=O)NC1CCCN(Cc2ccccc2)C1=O)C(=O)NC(C)(C)C. The summed E-state index contributed by atoms with van der Waals surface area (Å²) in [5.41, 5.74) is 0.684. The number of carbonyl (C=O) groups excluding carboxylic acids is 3. The fourth-order valence-corrected chi connectivity index (χ4v) is 2.97. The van der Waals surface area contributed by atoms with Gasteiger partial charge in [0.2, 0.25) is 11.8 Å². The van der Waals surface area contributed by atoms with Crippen LogP contribution in [-0.2, 0) is 16.1 Å². The van der Waals surface area contributed by atoms with Gasteiger partial charge in [-0.3, -0.25) is 9.59 Å². The van der Waals surface area contributed by atoms with Crippen LogP contribution in [0.2, 0.25) is 0 Å². The second kappa shape index (κ2) is 8.88. The second-order valence-electron chi connectivity index (χ2n) is 8.02. The molecule has 0 spiro atoms. The zero-order valence-corrected chi connectivity index (χ0v) is 16.5. The van der Waals surface area contributed by atoms with Crippen molar-refractivity contribution in [2.45, 2.75) is 64.7 Å². The molecule has 1 aromatic carbocycles. The van der Waals surface area contributed by atoms with Crippen molar-refractivity contribution in [1.29, 1.82) is 0 Å². The highest BCUT2D eigenvalue weighted by atomic mass is 16.2. The first-order valence-electron chi connectivity index (χ1n) is 9.37. The molecule has 1 fully saturated rings. The van der Waals surface area contributed by atoms with Gasteiger partial charge in [-0.2, -0.15) is 0 Å². The van der Waals surface area contributed by atoms with Crippen LogP contribution in [0.15, 0.2) is 30.3 Å². The normalized spacial score (nSPS) is 18.6. The van der Waals surface area contributed by atoms with Gasteiger partial charge >= 0.3 is 6.03 Å². The summed E-state index contributed by atoms with van der Waals surface area (Å²) in [5, 5.41) is 8.13. The Kier molecular flexibility index (Phi) is 6.82. The molecule has 1 heterocycles. The third-order valence-electron chi connectivity index (χ3n) is 4.29. The minimum Gasteiger partial charge on any atom is -0.350 e. The highest BCUT2D eigenvalue weighted by molar-refractivity contribution is 5.90. The van der Waals surface area contributed by atoms with Crippen LogP contribution in [0, 0.1) is 0 Å². The van der Waals surface area contributed by atoms with Crippen LogP contribution in [0.3, 0.4) is 0 Å². The second-order valence-corrected chi connectivity index (χ2v) is 8.02. The van der Waals surface area contributed by atoms with Gasteiger partial charge in [-0.1, -0.05) is 30.3 Å². The number of rotatable bonds is 5. The average molecular weight is 374 g/mol. The van der Waals surface area contributed by atoms with Crippen LogP contribution < -0.4 is 16.0 Å². The van der Waals surface area contributed by atoms with E-state index in [0.717, 1.165) is 12.0 Å². The van der Waals surface area contributed by atoms with E-state index in [9.17, 15) is 14.4 Å². The number of likely N-dealkylation sites (tertiary alicyclic amines) is 1. The Hall–Kier alpha value is -2.57. The van der Waals surface area contributed by atoms with Crippen LogP contribution in [0.25, 0.3) is 0 Å². The summed E-state index contributed by atoms with van der Waals surface area (Å²) in [5.74, 6) is -0.356. The van der Waals surface area contributed by atoms with Gasteiger partial charge in [0.05, 0.1) is 0 Å². The summed E-state index contributed by atoms with van der Waals surface area (Å²) in [4.78, 5) is 38.7. The lowest BCUT2D eigenvalue weighted by Gasteiger charge is -2.33. The molecular formula is C20H30N4O3. The number of benzene rings is 1. The smallest absolute Gasteiger partial charge is 0.316 e. The third-order valence-corrected chi connectivity index (χ3v) is 4.29. The van der Waals surface area contributed by atoms with E-state index >= 15 is 0 Å². The van der Waals surface area contributed by atoms with Crippen molar-refractivity contribution in [3.8, 4) is 0 Å². The first-order chi connectivity index (χ1) is 12.7. The van der Waals surface area contributed by atoms with E-state index in [1.165, 1.54) is 0 Å². The van der Waals surface area contributed by atoms with Crippen LogP contribution in [0.1, 0.15) is 46.1 Å². The number of amides is 4. The summed E-state index contributed by atoms with van der Waals surface area (Å²) in [6.45, 7) is 8.45. The van der Waals surface area contributed by atoms with Crippen LogP contribution in [0.5, 0.6) is 0 Å². The lowest BCUT2D eigenvalue weighted by atomic mass is 10.0. The quantitative estimate of drug-likeness (QED) is 0.734. The Labute approximate surface area is 160 Å². The highest BCUT2D eigenvalue weighted by Crippen LogP contribution is 2.15. The maximum absolute atomic E-state index is 12.7. The van der Waals surface area contributed by atoms with Crippen molar-refractivity contribution in [2.75, 3.05) is 6.54 Å². The molecule has 7 nitrogen and oxygen atoms in total. The number of carbonyl (C=O) groups is 3. The molecule has 2 unspecified atom stereocenters. The summed E-state index contributed by atoms with van der Waals surface area (Å²) in [7, 11) is 0. The van der Waals surface area contributed by atoms with Crippen molar-refractivity contribution in [1.82, 2.24) is 20.9 Å². The molecule has 0 aliphatic carbocycles. The molecule has 2 rings (SSSR count). The van der Waals surface area contributed by atoms with Crippen molar-refractivity contribution in [2.24, 2.45) is 0 Å². The third kappa shape index (κ3) is 6.58. The topological polar surface area (TPSA) is 90.5 Å². The van der Waals surface area contributed by atoms with Gasteiger partial charge < -0.3 is 20.9 Å². The molecule has 0 radical (unpaired) electrons. The van der Waals surface area contributed by atoms with Gasteiger partial charge in [-0.05, 0) is 46.1 Å². The molecule has 4 amide bonds. The maximum Gasteiger partial charge on any atom is 0.316 e. The molecule has 0 bridgehead atoms. The minimum absolute atomic E-state index is 0.0907. The number of urea groups is 1. The standard InChI is InChI=1S/C20H30N4O3/c1-14(17(25)23-20(2,3)4)21-19(27)22-16-11-8-12-24(18(16)26)13-15-9-6-5-7-10-15/h5-7,9-10,14,16H,8,11-13H2,1-4H3,(H,23,25)(H2,21,22,27). The molecule has 1 aromatic rings. The zero-order valence-electron chi connectivity index (χ0n) is 16.5. The predicted molar refractivity (Wildman–Crippen MR) is 104 cm³/mol. The Morgan fingerprint density at radius 1 is 1.22 bits per heavy atom. The Balaban J connectivity index is 1.87. The predicted octanol–water partition coefficient (Wildman–Crippen LogP) is 1.78. The lowest BCUT2D eigenvalue weighted by molar-refractivity contribution is -0.136. The van der Waals surface area contributed by atoms with Crippen LogP contribution in [-0.4, -0.2) is 46.9 Å². The van der Waals surface area contributed by atoms with Crippen LogP contribution in [0.4, 0.5) is 4.79 Å². The summed E-state index contributed by atoms with van der Waals surface area (Å²) < 4.78 is 0. The van der Waals surface area contributed by atoms with E-state index in [-0.39, 0.29) is 17.4 Å². The monoisotopic (exact) mass is 374 g/mol. The van der Waals surface area contributed by atoms with E-state index < -0.39 is 18.1 Å². The van der Waals surface area contributed by atoms with E-state index in [2.05, 4.69) is 16.0 Å². The van der Waals surface area contributed by atoms with E-state index in [1.54, 1.807) is 11.8 Å². The summed E-state index contributed by atoms with van der Waals surface area (Å²) >= 11 is 0. The number of nitrogens with zero attached hydrogens (tertiary/aromatic N) is 1. The molecule has 0 saturated carbocycles. The van der Waals surface area contributed by atoms with Gasteiger partial charge in [0.15, 0.2) is 0 Å². The van der Waals surface area contributed by atoms with Crippen molar-refractivity contribution in [3.63, 3.8) is 0 Å². The molecule has 1 saturated heterocycles. The van der Waals surface area contributed by atoms with E-state index in [0.29, 0.717) is 19.5 Å².